The number of aryl methyl sites for hydroxylation is 1. The Hall–Kier alpha value is -2.84. The molecule has 0 saturated carbocycles. The average molecular weight is 383 g/mol. The zero-order chi connectivity index (χ0) is 20.0. The van der Waals surface area contributed by atoms with Gasteiger partial charge in [0.15, 0.2) is 5.69 Å². The number of carboxylic acids is 1. The molecular formula is C18H20F3N3O3. The maximum Gasteiger partial charge on any atom is 0.434 e. The fourth-order valence-corrected chi connectivity index (χ4v) is 2.62. The molecule has 146 valence electrons. The molecule has 9 heteroatoms. The molecule has 0 aliphatic rings. The number of nitrogens with zero attached hydrogens (tertiary/aromatic N) is 2. The summed E-state index contributed by atoms with van der Waals surface area (Å²) in [6.07, 6.45) is -2.34. The van der Waals surface area contributed by atoms with Crippen LogP contribution in [0, 0.1) is 6.92 Å². The van der Waals surface area contributed by atoms with E-state index < -0.39 is 29.3 Å². The first-order valence-corrected chi connectivity index (χ1v) is 8.42. The van der Waals surface area contributed by atoms with Crippen molar-refractivity contribution in [2.45, 2.75) is 38.8 Å². The molecule has 0 atom stereocenters. The predicted octanol–water partition coefficient (Wildman–Crippen LogP) is 3.57. The topological polar surface area (TPSA) is 84.2 Å². The SMILES string of the molecule is Cc1cccc(-n2ncc(C(=O)NCCCCCC(=O)O)c2C(F)(F)F)c1. The van der Waals surface area contributed by atoms with Crippen molar-refractivity contribution in [1.29, 1.82) is 0 Å². The van der Waals surface area contributed by atoms with Crippen molar-refractivity contribution < 1.29 is 27.9 Å². The summed E-state index contributed by atoms with van der Waals surface area (Å²) in [5.74, 6) is -1.77. The van der Waals surface area contributed by atoms with Crippen molar-refractivity contribution in [3.05, 3.63) is 47.3 Å². The molecule has 0 radical (unpaired) electrons. The van der Waals surface area contributed by atoms with Crippen LogP contribution in [0.25, 0.3) is 5.69 Å². The number of alkyl halides is 3. The molecule has 2 N–H and O–H groups in total. The average Bonchev–Trinajstić information content (AvgIpc) is 3.03. The maximum absolute atomic E-state index is 13.6. The highest BCUT2D eigenvalue weighted by Gasteiger charge is 2.40. The molecule has 0 aliphatic carbocycles. The quantitative estimate of drug-likeness (QED) is 0.683. The highest BCUT2D eigenvalue weighted by atomic mass is 19.4. The number of unbranched alkanes of at least 4 members (excludes halogenated alkanes) is 2. The second kappa shape index (κ2) is 8.70. The Morgan fingerprint density at radius 3 is 2.59 bits per heavy atom. The van der Waals surface area contributed by atoms with Crippen LogP contribution in [0.3, 0.4) is 0 Å². The number of rotatable bonds is 8. The minimum Gasteiger partial charge on any atom is -0.481 e. The van der Waals surface area contributed by atoms with Crippen molar-refractivity contribution in [3.8, 4) is 5.69 Å². The van der Waals surface area contributed by atoms with Crippen molar-refractivity contribution in [2.24, 2.45) is 0 Å². The molecule has 0 bridgehead atoms. The lowest BCUT2D eigenvalue weighted by molar-refractivity contribution is -0.143. The normalized spacial score (nSPS) is 11.4. The van der Waals surface area contributed by atoms with Crippen LogP contribution < -0.4 is 5.32 Å². The van der Waals surface area contributed by atoms with Gasteiger partial charge in [0.2, 0.25) is 0 Å². The van der Waals surface area contributed by atoms with Gasteiger partial charge in [-0.1, -0.05) is 18.6 Å². The van der Waals surface area contributed by atoms with Gasteiger partial charge in [-0.3, -0.25) is 9.59 Å². The van der Waals surface area contributed by atoms with Crippen LogP contribution in [0.2, 0.25) is 0 Å². The van der Waals surface area contributed by atoms with E-state index in [0.29, 0.717) is 19.3 Å². The first kappa shape index (κ1) is 20.5. The summed E-state index contributed by atoms with van der Waals surface area (Å²) in [4.78, 5) is 22.6. The molecule has 0 unspecified atom stereocenters. The fourth-order valence-electron chi connectivity index (χ4n) is 2.62. The number of carbonyl (C=O) groups is 2. The van der Waals surface area contributed by atoms with E-state index in [1.807, 2.05) is 0 Å². The Labute approximate surface area is 154 Å². The number of aromatic nitrogens is 2. The van der Waals surface area contributed by atoms with Gasteiger partial charge < -0.3 is 10.4 Å². The lowest BCUT2D eigenvalue weighted by Crippen LogP contribution is -2.27. The first-order valence-electron chi connectivity index (χ1n) is 8.42. The second-order valence-corrected chi connectivity index (χ2v) is 6.12. The van der Waals surface area contributed by atoms with E-state index in [-0.39, 0.29) is 18.7 Å². The lowest BCUT2D eigenvalue weighted by Gasteiger charge is -2.13. The number of carboxylic acid groups (broad SMARTS) is 1. The third-order valence-electron chi connectivity index (χ3n) is 3.88. The van der Waals surface area contributed by atoms with E-state index in [1.165, 1.54) is 6.07 Å². The van der Waals surface area contributed by atoms with Gasteiger partial charge in [0.1, 0.15) is 0 Å². The van der Waals surface area contributed by atoms with Crippen LogP contribution in [0.4, 0.5) is 13.2 Å². The minimum absolute atomic E-state index is 0.0232. The summed E-state index contributed by atoms with van der Waals surface area (Å²) in [7, 11) is 0. The van der Waals surface area contributed by atoms with Crippen molar-refractivity contribution in [1.82, 2.24) is 15.1 Å². The number of nitrogens with one attached hydrogen (secondary N) is 1. The Bertz CT molecular complexity index is 816. The molecule has 1 amide bonds. The highest BCUT2D eigenvalue weighted by Crippen LogP contribution is 2.33. The van der Waals surface area contributed by atoms with Crippen LogP contribution in [0.1, 0.15) is 47.3 Å². The number of benzene rings is 1. The Balaban J connectivity index is 2.12. The largest absolute Gasteiger partial charge is 0.481 e. The van der Waals surface area contributed by atoms with E-state index >= 15 is 0 Å². The van der Waals surface area contributed by atoms with Crippen LogP contribution in [-0.2, 0) is 11.0 Å². The van der Waals surface area contributed by atoms with Crippen LogP contribution in [-0.4, -0.2) is 33.3 Å². The van der Waals surface area contributed by atoms with Crippen LogP contribution in [0.5, 0.6) is 0 Å². The summed E-state index contributed by atoms with van der Waals surface area (Å²) in [5, 5.41) is 14.7. The summed E-state index contributed by atoms with van der Waals surface area (Å²) in [5.41, 5.74) is -0.690. The van der Waals surface area contributed by atoms with Gasteiger partial charge in [-0.15, -0.1) is 0 Å². The number of hydrogen-bond donors (Lipinski definition) is 2. The second-order valence-electron chi connectivity index (χ2n) is 6.12. The van der Waals surface area contributed by atoms with Crippen molar-refractivity contribution in [3.63, 3.8) is 0 Å². The van der Waals surface area contributed by atoms with Gasteiger partial charge in [0.05, 0.1) is 17.4 Å². The van der Waals surface area contributed by atoms with Crippen molar-refractivity contribution >= 4 is 11.9 Å². The summed E-state index contributed by atoms with van der Waals surface area (Å²) < 4.78 is 41.4. The highest BCUT2D eigenvalue weighted by molar-refractivity contribution is 5.95. The summed E-state index contributed by atoms with van der Waals surface area (Å²) in [6.45, 7) is 1.91. The summed E-state index contributed by atoms with van der Waals surface area (Å²) >= 11 is 0. The molecule has 0 saturated heterocycles. The number of hydrogen-bond acceptors (Lipinski definition) is 3. The molecular weight excluding hydrogens is 363 g/mol. The molecule has 1 aromatic carbocycles. The van der Waals surface area contributed by atoms with Gasteiger partial charge in [0.25, 0.3) is 5.91 Å². The fraction of sp³-hybridized carbons (Fsp3) is 0.389. The van der Waals surface area contributed by atoms with E-state index in [4.69, 9.17) is 5.11 Å². The molecule has 27 heavy (non-hydrogen) atoms. The molecule has 0 fully saturated rings. The number of amides is 1. The molecule has 0 spiro atoms. The van der Waals surface area contributed by atoms with Crippen LogP contribution >= 0.6 is 0 Å². The molecule has 1 heterocycles. The van der Waals surface area contributed by atoms with E-state index in [1.54, 1.807) is 25.1 Å². The zero-order valence-corrected chi connectivity index (χ0v) is 14.7. The van der Waals surface area contributed by atoms with Crippen molar-refractivity contribution in [2.75, 3.05) is 6.54 Å². The Morgan fingerprint density at radius 2 is 1.96 bits per heavy atom. The van der Waals surface area contributed by atoms with Gasteiger partial charge in [0, 0.05) is 13.0 Å². The van der Waals surface area contributed by atoms with E-state index in [0.717, 1.165) is 16.4 Å². The predicted molar refractivity (Wildman–Crippen MR) is 91.7 cm³/mol. The lowest BCUT2D eigenvalue weighted by atomic mass is 10.1. The van der Waals surface area contributed by atoms with Gasteiger partial charge >= 0.3 is 12.1 Å². The molecule has 1 aromatic heterocycles. The number of aliphatic carboxylic acids is 1. The Morgan fingerprint density at radius 1 is 1.22 bits per heavy atom. The number of halogens is 3. The van der Waals surface area contributed by atoms with Gasteiger partial charge in [-0.05, 0) is 37.5 Å². The molecule has 0 aliphatic heterocycles. The smallest absolute Gasteiger partial charge is 0.434 e. The molecule has 6 nitrogen and oxygen atoms in total. The maximum atomic E-state index is 13.6. The molecule has 2 aromatic rings. The zero-order valence-electron chi connectivity index (χ0n) is 14.7. The standard InChI is InChI=1S/C18H20F3N3O3/c1-12-6-5-7-13(10-12)24-16(18(19,20)21)14(11-23-24)17(27)22-9-4-2-3-8-15(25)26/h5-7,10-11H,2-4,8-9H2,1H3,(H,22,27)(H,25,26). The third kappa shape index (κ3) is 5.57. The third-order valence-corrected chi connectivity index (χ3v) is 3.88. The Kier molecular flexibility index (Phi) is 6.59. The first-order chi connectivity index (χ1) is 12.7. The van der Waals surface area contributed by atoms with Gasteiger partial charge in [-0.2, -0.15) is 18.3 Å². The van der Waals surface area contributed by atoms with E-state index in [2.05, 4.69) is 10.4 Å². The van der Waals surface area contributed by atoms with Crippen LogP contribution in [0.15, 0.2) is 30.5 Å². The summed E-state index contributed by atoms with van der Waals surface area (Å²) in [6, 6.07) is 6.40. The van der Waals surface area contributed by atoms with E-state index in [9.17, 15) is 22.8 Å². The minimum atomic E-state index is -4.76. The molecule has 2 rings (SSSR count). The van der Waals surface area contributed by atoms with Gasteiger partial charge in [-0.25, -0.2) is 4.68 Å². The number of carbonyl (C=O) groups excluding carboxylic acids is 1. The monoisotopic (exact) mass is 383 g/mol.